The van der Waals surface area contributed by atoms with E-state index < -0.39 is 0 Å². The van der Waals surface area contributed by atoms with Crippen molar-refractivity contribution in [1.29, 1.82) is 0 Å². The van der Waals surface area contributed by atoms with Gasteiger partial charge < -0.3 is 5.11 Å². The normalized spacial score (nSPS) is 21.0. The Bertz CT molecular complexity index is 174. The molecule has 0 heterocycles. The van der Waals surface area contributed by atoms with Crippen LogP contribution < -0.4 is 0 Å². The minimum absolute atomic E-state index is 0.0545. The first-order valence-corrected chi connectivity index (χ1v) is 7.15. The number of rotatable bonds is 5. The molecule has 1 N–H and O–H groups in total. The van der Waals surface area contributed by atoms with Crippen LogP contribution in [0.25, 0.3) is 0 Å². The summed E-state index contributed by atoms with van der Waals surface area (Å²) in [5.41, 5.74) is 0.367. The molecule has 1 saturated carbocycles. The third-order valence-electron chi connectivity index (χ3n) is 3.86. The SMILES string of the molecule is CC(C)(C)CCC(O)CCC1CCCCC1. The molecule has 0 aromatic heterocycles. The molecule has 0 radical (unpaired) electrons. The van der Waals surface area contributed by atoms with Gasteiger partial charge in [0.1, 0.15) is 0 Å². The Morgan fingerprint density at radius 1 is 1.06 bits per heavy atom. The lowest BCUT2D eigenvalue weighted by Gasteiger charge is -2.24. The van der Waals surface area contributed by atoms with E-state index in [-0.39, 0.29) is 6.10 Å². The quantitative estimate of drug-likeness (QED) is 0.730. The summed E-state index contributed by atoms with van der Waals surface area (Å²) in [6, 6.07) is 0. The van der Waals surface area contributed by atoms with Crippen LogP contribution in [0.2, 0.25) is 0 Å². The summed E-state index contributed by atoms with van der Waals surface area (Å²) in [6.45, 7) is 6.75. The Balaban J connectivity index is 2.07. The van der Waals surface area contributed by atoms with E-state index in [1.807, 2.05) is 0 Å². The number of hydrogen-bond donors (Lipinski definition) is 1. The van der Waals surface area contributed by atoms with E-state index in [9.17, 15) is 5.11 Å². The summed E-state index contributed by atoms with van der Waals surface area (Å²) >= 11 is 0. The fraction of sp³-hybridized carbons (Fsp3) is 1.00. The van der Waals surface area contributed by atoms with Gasteiger partial charge in [-0.1, -0.05) is 52.9 Å². The van der Waals surface area contributed by atoms with Crippen LogP contribution in [0.3, 0.4) is 0 Å². The second-order valence-electron chi connectivity index (χ2n) is 6.83. The van der Waals surface area contributed by atoms with Crippen molar-refractivity contribution < 1.29 is 5.11 Å². The fourth-order valence-corrected chi connectivity index (χ4v) is 2.65. The van der Waals surface area contributed by atoms with Crippen LogP contribution in [-0.2, 0) is 0 Å². The van der Waals surface area contributed by atoms with Gasteiger partial charge in [0.05, 0.1) is 6.10 Å². The summed E-state index contributed by atoms with van der Waals surface area (Å²) in [4.78, 5) is 0. The first-order chi connectivity index (χ1) is 7.47. The highest BCUT2D eigenvalue weighted by molar-refractivity contribution is 4.70. The molecule has 16 heavy (non-hydrogen) atoms. The largest absolute Gasteiger partial charge is 0.393 e. The maximum absolute atomic E-state index is 9.94. The predicted octanol–water partition coefficient (Wildman–Crippen LogP) is 4.53. The smallest absolute Gasteiger partial charge is 0.0540 e. The van der Waals surface area contributed by atoms with Crippen LogP contribution in [0, 0.1) is 11.3 Å². The molecule has 96 valence electrons. The van der Waals surface area contributed by atoms with Gasteiger partial charge in [0.15, 0.2) is 0 Å². The Morgan fingerprint density at radius 3 is 2.25 bits per heavy atom. The second kappa shape index (κ2) is 6.64. The van der Waals surface area contributed by atoms with Gasteiger partial charge in [0, 0.05) is 0 Å². The molecule has 0 aliphatic heterocycles. The Hall–Kier alpha value is -0.0400. The predicted molar refractivity (Wildman–Crippen MR) is 70.5 cm³/mol. The van der Waals surface area contributed by atoms with Gasteiger partial charge in [-0.25, -0.2) is 0 Å². The molecule has 1 aliphatic carbocycles. The molecule has 1 heteroatoms. The standard InChI is InChI=1S/C15H30O/c1-15(2,3)12-11-14(16)10-9-13-7-5-4-6-8-13/h13-14,16H,4-12H2,1-3H3. The van der Waals surface area contributed by atoms with E-state index in [1.165, 1.54) is 38.5 Å². The number of hydrogen-bond acceptors (Lipinski definition) is 1. The van der Waals surface area contributed by atoms with Crippen LogP contribution >= 0.6 is 0 Å². The van der Waals surface area contributed by atoms with Crippen molar-refractivity contribution in [2.75, 3.05) is 0 Å². The highest BCUT2D eigenvalue weighted by atomic mass is 16.3. The molecule has 1 atom stereocenters. The first kappa shape index (κ1) is 14.0. The van der Waals surface area contributed by atoms with Crippen molar-refractivity contribution >= 4 is 0 Å². The molecule has 0 aromatic rings. The lowest BCUT2D eigenvalue weighted by atomic mass is 9.84. The van der Waals surface area contributed by atoms with Gasteiger partial charge in [-0.2, -0.15) is 0 Å². The van der Waals surface area contributed by atoms with Crippen molar-refractivity contribution in [1.82, 2.24) is 0 Å². The molecule has 0 aromatic carbocycles. The minimum Gasteiger partial charge on any atom is -0.393 e. The summed E-state index contributed by atoms with van der Waals surface area (Å²) in [6.07, 6.45) is 11.4. The molecule has 0 spiro atoms. The van der Waals surface area contributed by atoms with Crippen LogP contribution in [0.1, 0.15) is 78.6 Å². The van der Waals surface area contributed by atoms with E-state index in [0.717, 1.165) is 25.2 Å². The topological polar surface area (TPSA) is 20.2 Å². The highest BCUT2D eigenvalue weighted by Gasteiger charge is 2.17. The third-order valence-corrected chi connectivity index (χ3v) is 3.86. The summed E-state index contributed by atoms with van der Waals surface area (Å²) < 4.78 is 0. The van der Waals surface area contributed by atoms with E-state index in [4.69, 9.17) is 0 Å². The summed E-state index contributed by atoms with van der Waals surface area (Å²) in [5.74, 6) is 0.915. The Morgan fingerprint density at radius 2 is 1.69 bits per heavy atom. The molecule has 0 saturated heterocycles. The molecule has 1 fully saturated rings. The average Bonchev–Trinajstić information content (AvgIpc) is 2.24. The number of aliphatic hydroxyl groups is 1. The van der Waals surface area contributed by atoms with Gasteiger partial charge >= 0.3 is 0 Å². The molecule has 1 unspecified atom stereocenters. The van der Waals surface area contributed by atoms with Gasteiger partial charge in [-0.15, -0.1) is 0 Å². The van der Waals surface area contributed by atoms with Crippen LogP contribution in [0.5, 0.6) is 0 Å². The zero-order chi connectivity index (χ0) is 12.0. The maximum Gasteiger partial charge on any atom is 0.0540 e. The van der Waals surface area contributed by atoms with Gasteiger partial charge in [0.25, 0.3) is 0 Å². The monoisotopic (exact) mass is 226 g/mol. The highest BCUT2D eigenvalue weighted by Crippen LogP contribution is 2.29. The lowest BCUT2D eigenvalue weighted by molar-refractivity contribution is 0.125. The van der Waals surface area contributed by atoms with Gasteiger partial charge in [0.2, 0.25) is 0 Å². The van der Waals surface area contributed by atoms with E-state index in [1.54, 1.807) is 0 Å². The van der Waals surface area contributed by atoms with Gasteiger partial charge in [-0.05, 0) is 37.0 Å². The van der Waals surface area contributed by atoms with Crippen molar-refractivity contribution in [2.24, 2.45) is 11.3 Å². The third kappa shape index (κ3) is 6.52. The average molecular weight is 226 g/mol. The van der Waals surface area contributed by atoms with Crippen LogP contribution in [0.4, 0.5) is 0 Å². The summed E-state index contributed by atoms with van der Waals surface area (Å²) in [7, 11) is 0. The zero-order valence-corrected chi connectivity index (χ0v) is 11.5. The molecule has 1 nitrogen and oxygen atoms in total. The van der Waals surface area contributed by atoms with Crippen molar-refractivity contribution in [2.45, 2.75) is 84.7 Å². The summed E-state index contributed by atoms with van der Waals surface area (Å²) in [5, 5.41) is 9.94. The molecular weight excluding hydrogens is 196 g/mol. The first-order valence-electron chi connectivity index (χ1n) is 7.15. The Labute approximate surface area is 102 Å². The molecular formula is C15H30O. The number of aliphatic hydroxyl groups excluding tert-OH is 1. The van der Waals surface area contributed by atoms with Gasteiger partial charge in [-0.3, -0.25) is 0 Å². The minimum atomic E-state index is -0.0545. The molecule has 0 bridgehead atoms. The van der Waals surface area contributed by atoms with Crippen molar-refractivity contribution in [3.8, 4) is 0 Å². The lowest BCUT2D eigenvalue weighted by Crippen LogP contribution is -2.15. The second-order valence-corrected chi connectivity index (χ2v) is 6.83. The molecule has 0 amide bonds. The van der Waals surface area contributed by atoms with E-state index in [2.05, 4.69) is 20.8 Å². The van der Waals surface area contributed by atoms with E-state index in [0.29, 0.717) is 5.41 Å². The van der Waals surface area contributed by atoms with Crippen LogP contribution in [-0.4, -0.2) is 11.2 Å². The van der Waals surface area contributed by atoms with Crippen LogP contribution in [0.15, 0.2) is 0 Å². The fourth-order valence-electron chi connectivity index (χ4n) is 2.65. The maximum atomic E-state index is 9.94. The van der Waals surface area contributed by atoms with Crippen molar-refractivity contribution in [3.63, 3.8) is 0 Å². The molecule has 1 aliphatic rings. The molecule has 1 rings (SSSR count). The van der Waals surface area contributed by atoms with Crippen molar-refractivity contribution in [3.05, 3.63) is 0 Å². The Kier molecular flexibility index (Phi) is 5.82. The zero-order valence-electron chi connectivity index (χ0n) is 11.5. The van der Waals surface area contributed by atoms with E-state index >= 15 is 0 Å².